The molecule has 0 aromatic carbocycles. The SMILES string of the molecule is CC(C)(C)OC(=O)C=CC1COC(C)(C)N1C(=O)OC(C)(C)C. The number of esters is 1. The Labute approximate surface area is 138 Å². The van der Waals surface area contributed by atoms with E-state index < -0.39 is 29.0 Å². The zero-order valence-electron chi connectivity index (χ0n) is 15.4. The summed E-state index contributed by atoms with van der Waals surface area (Å²) >= 11 is 0. The lowest BCUT2D eigenvalue weighted by molar-refractivity contribution is -0.148. The average molecular weight is 327 g/mol. The number of amides is 1. The smallest absolute Gasteiger partial charge is 0.413 e. The molecule has 0 aromatic rings. The highest BCUT2D eigenvalue weighted by Gasteiger charge is 2.44. The van der Waals surface area contributed by atoms with Crippen LogP contribution in [0.25, 0.3) is 0 Å². The molecule has 1 atom stereocenters. The van der Waals surface area contributed by atoms with Crippen LogP contribution < -0.4 is 0 Å². The molecule has 6 heteroatoms. The summed E-state index contributed by atoms with van der Waals surface area (Å²) in [4.78, 5) is 25.7. The highest BCUT2D eigenvalue weighted by atomic mass is 16.6. The summed E-state index contributed by atoms with van der Waals surface area (Å²) < 4.78 is 16.3. The first-order valence-corrected chi connectivity index (χ1v) is 7.79. The fourth-order valence-electron chi connectivity index (χ4n) is 2.17. The number of hydrogen-bond acceptors (Lipinski definition) is 5. The van der Waals surface area contributed by atoms with E-state index in [2.05, 4.69) is 0 Å². The Morgan fingerprint density at radius 1 is 1.09 bits per heavy atom. The summed E-state index contributed by atoms with van der Waals surface area (Å²) in [7, 11) is 0. The molecule has 0 spiro atoms. The van der Waals surface area contributed by atoms with Gasteiger partial charge in [0.15, 0.2) is 0 Å². The normalized spacial score (nSPS) is 21.6. The van der Waals surface area contributed by atoms with E-state index in [1.165, 1.54) is 11.0 Å². The summed E-state index contributed by atoms with van der Waals surface area (Å²) in [5.41, 5.74) is -1.96. The van der Waals surface area contributed by atoms with Crippen molar-refractivity contribution in [2.24, 2.45) is 0 Å². The summed E-state index contributed by atoms with van der Waals surface area (Å²) in [6.45, 7) is 14.7. The molecule has 1 aliphatic rings. The second-order valence-corrected chi connectivity index (χ2v) is 8.07. The molecule has 0 aromatic heterocycles. The predicted octanol–water partition coefficient (Wildman–Crippen LogP) is 3.26. The minimum absolute atomic E-state index is 0.297. The van der Waals surface area contributed by atoms with Crippen LogP contribution in [0.5, 0.6) is 0 Å². The van der Waals surface area contributed by atoms with E-state index >= 15 is 0 Å². The molecule has 0 N–H and O–H groups in total. The van der Waals surface area contributed by atoms with Crippen molar-refractivity contribution in [2.45, 2.75) is 78.4 Å². The topological polar surface area (TPSA) is 65.1 Å². The third kappa shape index (κ3) is 6.22. The van der Waals surface area contributed by atoms with E-state index in [4.69, 9.17) is 14.2 Å². The number of rotatable bonds is 2. The summed E-state index contributed by atoms with van der Waals surface area (Å²) in [5, 5.41) is 0. The van der Waals surface area contributed by atoms with Crippen LogP contribution in [0.3, 0.4) is 0 Å². The van der Waals surface area contributed by atoms with E-state index in [-0.39, 0.29) is 6.04 Å². The number of ether oxygens (including phenoxy) is 3. The van der Waals surface area contributed by atoms with Gasteiger partial charge in [0.2, 0.25) is 0 Å². The Bertz CT molecular complexity index is 482. The van der Waals surface area contributed by atoms with Gasteiger partial charge in [-0.15, -0.1) is 0 Å². The van der Waals surface area contributed by atoms with Gasteiger partial charge in [0.25, 0.3) is 0 Å². The lowest BCUT2D eigenvalue weighted by Gasteiger charge is -2.34. The van der Waals surface area contributed by atoms with E-state index in [9.17, 15) is 9.59 Å². The number of carbonyl (C=O) groups is 2. The molecule has 1 heterocycles. The molecule has 1 rings (SSSR count). The van der Waals surface area contributed by atoms with Gasteiger partial charge in [-0.3, -0.25) is 4.90 Å². The average Bonchev–Trinajstić information content (AvgIpc) is 2.57. The van der Waals surface area contributed by atoms with Crippen molar-refractivity contribution < 1.29 is 23.8 Å². The number of nitrogens with zero attached hydrogens (tertiary/aromatic N) is 1. The molecule has 0 radical (unpaired) electrons. The Balaban J connectivity index is 2.85. The van der Waals surface area contributed by atoms with Crippen LogP contribution in [-0.4, -0.2) is 46.5 Å². The van der Waals surface area contributed by atoms with Crippen LogP contribution in [0.15, 0.2) is 12.2 Å². The molecular weight excluding hydrogens is 298 g/mol. The van der Waals surface area contributed by atoms with Crippen molar-refractivity contribution in [1.29, 1.82) is 0 Å². The fourth-order valence-corrected chi connectivity index (χ4v) is 2.17. The van der Waals surface area contributed by atoms with Crippen molar-refractivity contribution in [2.75, 3.05) is 6.61 Å². The van der Waals surface area contributed by atoms with Crippen molar-refractivity contribution in [3.05, 3.63) is 12.2 Å². The Morgan fingerprint density at radius 2 is 1.61 bits per heavy atom. The molecule has 23 heavy (non-hydrogen) atoms. The van der Waals surface area contributed by atoms with Crippen LogP contribution in [0.1, 0.15) is 55.4 Å². The van der Waals surface area contributed by atoms with E-state index in [1.807, 2.05) is 0 Å². The first kappa shape index (κ1) is 19.5. The second-order valence-electron chi connectivity index (χ2n) is 8.07. The summed E-state index contributed by atoms with van der Waals surface area (Å²) in [6.07, 6.45) is 2.48. The highest BCUT2D eigenvalue weighted by Crippen LogP contribution is 2.30. The van der Waals surface area contributed by atoms with Crippen molar-refractivity contribution in [3.8, 4) is 0 Å². The first-order valence-electron chi connectivity index (χ1n) is 7.79. The molecule has 1 amide bonds. The maximum absolute atomic E-state index is 12.4. The molecule has 0 saturated carbocycles. The zero-order chi connectivity index (χ0) is 18.1. The standard InChI is InChI=1S/C17H29NO5/c1-15(2,3)22-13(19)10-9-12-11-21-17(7,8)18(12)14(20)23-16(4,5)6/h9-10,12H,11H2,1-8H3. The van der Waals surface area contributed by atoms with Gasteiger partial charge in [-0.25, -0.2) is 9.59 Å². The third-order valence-electron chi connectivity index (χ3n) is 2.97. The van der Waals surface area contributed by atoms with Crippen molar-refractivity contribution in [3.63, 3.8) is 0 Å². The molecule has 1 saturated heterocycles. The van der Waals surface area contributed by atoms with Crippen LogP contribution in [0.4, 0.5) is 4.79 Å². The molecule has 1 aliphatic heterocycles. The van der Waals surface area contributed by atoms with E-state index in [0.717, 1.165) is 0 Å². The van der Waals surface area contributed by atoms with Crippen molar-refractivity contribution in [1.82, 2.24) is 4.90 Å². The van der Waals surface area contributed by atoms with Crippen LogP contribution in [0.2, 0.25) is 0 Å². The quantitative estimate of drug-likeness (QED) is 0.575. The molecule has 0 aliphatic carbocycles. The summed E-state index contributed by atoms with van der Waals surface area (Å²) in [5.74, 6) is -0.452. The van der Waals surface area contributed by atoms with Gasteiger partial charge in [0.1, 0.15) is 16.9 Å². The van der Waals surface area contributed by atoms with Crippen molar-refractivity contribution >= 4 is 12.1 Å². The first-order chi connectivity index (χ1) is 10.2. The van der Waals surface area contributed by atoms with Gasteiger partial charge >= 0.3 is 12.1 Å². The maximum atomic E-state index is 12.4. The monoisotopic (exact) mass is 327 g/mol. The van der Waals surface area contributed by atoms with Gasteiger partial charge < -0.3 is 14.2 Å². The zero-order valence-corrected chi connectivity index (χ0v) is 15.4. The van der Waals surface area contributed by atoms with E-state index in [1.54, 1.807) is 61.5 Å². The predicted molar refractivity (Wildman–Crippen MR) is 86.9 cm³/mol. The molecule has 1 unspecified atom stereocenters. The third-order valence-corrected chi connectivity index (χ3v) is 2.97. The molecular formula is C17H29NO5. The Hall–Kier alpha value is -1.56. The van der Waals surface area contributed by atoms with Crippen LogP contribution in [0, 0.1) is 0 Å². The van der Waals surface area contributed by atoms with Gasteiger partial charge in [-0.1, -0.05) is 6.08 Å². The molecule has 6 nitrogen and oxygen atoms in total. The van der Waals surface area contributed by atoms with Crippen LogP contribution >= 0.6 is 0 Å². The van der Waals surface area contributed by atoms with Crippen LogP contribution in [-0.2, 0) is 19.0 Å². The molecule has 1 fully saturated rings. The molecule has 132 valence electrons. The summed E-state index contributed by atoms with van der Waals surface area (Å²) in [6, 6.07) is -0.382. The van der Waals surface area contributed by atoms with Gasteiger partial charge in [-0.2, -0.15) is 0 Å². The number of carbonyl (C=O) groups excluding carboxylic acids is 2. The van der Waals surface area contributed by atoms with Gasteiger partial charge in [0.05, 0.1) is 12.6 Å². The Morgan fingerprint density at radius 3 is 2.09 bits per heavy atom. The highest BCUT2D eigenvalue weighted by molar-refractivity contribution is 5.82. The maximum Gasteiger partial charge on any atom is 0.413 e. The second kappa shape index (κ2) is 6.51. The Kier molecular flexibility index (Phi) is 5.52. The minimum Gasteiger partial charge on any atom is -0.457 e. The van der Waals surface area contributed by atoms with Gasteiger partial charge in [-0.05, 0) is 55.4 Å². The lowest BCUT2D eigenvalue weighted by Crippen LogP contribution is -2.49. The minimum atomic E-state index is -0.800. The van der Waals surface area contributed by atoms with Gasteiger partial charge in [0, 0.05) is 6.08 Å². The van der Waals surface area contributed by atoms with E-state index in [0.29, 0.717) is 6.61 Å². The largest absolute Gasteiger partial charge is 0.457 e. The fraction of sp³-hybridized carbons (Fsp3) is 0.765. The molecule has 0 bridgehead atoms. The number of hydrogen-bond donors (Lipinski definition) is 0. The lowest BCUT2D eigenvalue weighted by atomic mass is 10.2.